The summed E-state index contributed by atoms with van der Waals surface area (Å²) < 4.78 is 2.29. The monoisotopic (exact) mass is 398 g/mol. The molecule has 4 aromatic carbocycles. The van der Waals surface area contributed by atoms with Crippen LogP contribution in [-0.4, -0.2) is 4.57 Å². The van der Waals surface area contributed by atoms with Gasteiger partial charge in [-0.1, -0.05) is 74.5 Å². The van der Waals surface area contributed by atoms with Gasteiger partial charge in [-0.05, 0) is 52.9 Å². The van der Waals surface area contributed by atoms with Crippen LogP contribution < -0.4 is 0 Å². The van der Waals surface area contributed by atoms with Crippen molar-refractivity contribution >= 4 is 21.8 Å². The molecule has 1 aliphatic carbocycles. The highest BCUT2D eigenvalue weighted by atomic mass is 15.0. The number of fused-ring (bicyclic) bond motifs is 7. The van der Waals surface area contributed by atoms with E-state index in [-0.39, 0.29) is 5.41 Å². The van der Waals surface area contributed by atoms with Crippen LogP contribution in [0.2, 0.25) is 0 Å². The van der Waals surface area contributed by atoms with Gasteiger partial charge < -0.3 is 4.57 Å². The van der Waals surface area contributed by atoms with Gasteiger partial charge in [0, 0.05) is 16.2 Å². The quantitative estimate of drug-likeness (QED) is 0.292. The third-order valence-corrected chi connectivity index (χ3v) is 6.94. The molecule has 1 aliphatic rings. The molecule has 0 fully saturated rings. The van der Waals surface area contributed by atoms with E-state index in [0.29, 0.717) is 5.56 Å². The zero-order valence-corrected chi connectivity index (χ0v) is 17.9. The highest BCUT2D eigenvalue weighted by molar-refractivity contribution is 6.14. The molecule has 0 aliphatic heterocycles. The van der Waals surface area contributed by atoms with Crippen molar-refractivity contribution in [2.75, 3.05) is 0 Å². The Morgan fingerprint density at radius 2 is 1.55 bits per heavy atom. The fourth-order valence-electron chi connectivity index (χ4n) is 5.62. The van der Waals surface area contributed by atoms with Gasteiger partial charge in [0.05, 0.1) is 22.3 Å². The van der Waals surface area contributed by atoms with Gasteiger partial charge in [0.1, 0.15) is 6.07 Å². The Bertz CT molecular complexity index is 1570. The van der Waals surface area contributed by atoms with E-state index in [9.17, 15) is 5.26 Å². The largest absolute Gasteiger partial charge is 0.308 e. The standard InChI is InChI=1S/C29H22N2/c1-18-9-8-10-19(17-30)28(18)31-24-14-7-5-12-22(24)26-25(31)16-15-21-20-11-4-6-13-23(20)29(2,3)27(21)26/h4-16H,1-3H3. The first-order valence-electron chi connectivity index (χ1n) is 10.7. The Morgan fingerprint density at radius 3 is 2.39 bits per heavy atom. The molecule has 0 atom stereocenters. The smallest absolute Gasteiger partial charge is 0.101 e. The van der Waals surface area contributed by atoms with Crippen LogP contribution >= 0.6 is 0 Å². The van der Waals surface area contributed by atoms with Gasteiger partial charge in [0.25, 0.3) is 0 Å². The molecular formula is C29H22N2. The lowest BCUT2D eigenvalue weighted by molar-refractivity contribution is 0.666. The fraction of sp³-hybridized carbons (Fsp3) is 0.138. The normalized spacial score (nSPS) is 13.9. The lowest BCUT2D eigenvalue weighted by Gasteiger charge is -2.22. The molecule has 0 radical (unpaired) electrons. The Hall–Kier alpha value is -3.83. The van der Waals surface area contributed by atoms with Crippen molar-refractivity contribution in [2.45, 2.75) is 26.2 Å². The molecule has 0 bridgehead atoms. The zero-order valence-electron chi connectivity index (χ0n) is 17.9. The van der Waals surface area contributed by atoms with Crippen molar-refractivity contribution in [1.82, 2.24) is 4.57 Å². The lowest BCUT2D eigenvalue weighted by Crippen LogP contribution is -2.15. The second-order valence-corrected chi connectivity index (χ2v) is 8.99. The second kappa shape index (κ2) is 6.09. The maximum atomic E-state index is 9.88. The third kappa shape index (κ3) is 2.21. The van der Waals surface area contributed by atoms with Crippen molar-refractivity contribution in [3.05, 3.63) is 101 Å². The fourth-order valence-corrected chi connectivity index (χ4v) is 5.62. The maximum Gasteiger partial charge on any atom is 0.101 e. The average Bonchev–Trinajstić information content (AvgIpc) is 3.23. The molecule has 6 rings (SSSR count). The van der Waals surface area contributed by atoms with E-state index >= 15 is 0 Å². The molecule has 31 heavy (non-hydrogen) atoms. The van der Waals surface area contributed by atoms with E-state index in [1.165, 1.54) is 33.0 Å². The Labute approximate surface area is 182 Å². The zero-order chi connectivity index (χ0) is 21.3. The molecule has 1 aromatic heterocycles. The number of benzene rings is 4. The maximum absolute atomic E-state index is 9.88. The predicted octanol–water partition coefficient (Wildman–Crippen LogP) is 7.27. The summed E-state index contributed by atoms with van der Waals surface area (Å²) in [6.07, 6.45) is 0. The molecule has 0 saturated heterocycles. The summed E-state index contributed by atoms with van der Waals surface area (Å²) in [4.78, 5) is 0. The van der Waals surface area contributed by atoms with Gasteiger partial charge in [0.2, 0.25) is 0 Å². The molecule has 1 heterocycles. The minimum absolute atomic E-state index is 0.0931. The van der Waals surface area contributed by atoms with Crippen molar-refractivity contribution in [2.24, 2.45) is 0 Å². The summed E-state index contributed by atoms with van der Waals surface area (Å²) in [5, 5.41) is 12.4. The van der Waals surface area contributed by atoms with Gasteiger partial charge in [-0.2, -0.15) is 5.26 Å². The Morgan fingerprint density at radius 1 is 0.774 bits per heavy atom. The van der Waals surface area contributed by atoms with Crippen molar-refractivity contribution < 1.29 is 0 Å². The van der Waals surface area contributed by atoms with Gasteiger partial charge in [-0.15, -0.1) is 0 Å². The van der Waals surface area contributed by atoms with E-state index in [0.717, 1.165) is 22.3 Å². The van der Waals surface area contributed by atoms with E-state index in [4.69, 9.17) is 0 Å². The summed E-state index contributed by atoms with van der Waals surface area (Å²) >= 11 is 0. The molecule has 0 unspecified atom stereocenters. The van der Waals surface area contributed by atoms with Gasteiger partial charge in [-0.25, -0.2) is 0 Å². The molecule has 148 valence electrons. The Balaban J connectivity index is 1.84. The van der Waals surface area contributed by atoms with Gasteiger partial charge in [0.15, 0.2) is 0 Å². The van der Waals surface area contributed by atoms with Crippen LogP contribution in [0.1, 0.15) is 36.1 Å². The first-order valence-corrected chi connectivity index (χ1v) is 10.7. The number of hydrogen-bond donors (Lipinski definition) is 0. The summed E-state index contributed by atoms with van der Waals surface area (Å²) in [5.74, 6) is 0. The molecular weight excluding hydrogens is 376 g/mol. The number of nitrogens with zero attached hydrogens (tertiary/aromatic N) is 2. The van der Waals surface area contributed by atoms with Crippen LogP contribution in [-0.2, 0) is 5.41 Å². The van der Waals surface area contributed by atoms with Crippen LogP contribution in [0, 0.1) is 18.3 Å². The highest BCUT2D eigenvalue weighted by Crippen LogP contribution is 2.53. The SMILES string of the molecule is Cc1cccc(C#N)c1-n1c2ccccc2c2c3c(ccc21)-c1ccccc1C3(C)C. The molecule has 0 spiro atoms. The number of rotatable bonds is 1. The van der Waals surface area contributed by atoms with E-state index in [2.05, 4.69) is 98.1 Å². The van der Waals surface area contributed by atoms with Crippen molar-refractivity contribution in [3.63, 3.8) is 0 Å². The summed E-state index contributed by atoms with van der Waals surface area (Å²) in [5.41, 5.74) is 10.4. The van der Waals surface area contributed by atoms with E-state index in [1.807, 2.05) is 12.1 Å². The highest BCUT2D eigenvalue weighted by Gasteiger charge is 2.38. The lowest BCUT2D eigenvalue weighted by atomic mass is 9.80. The first-order chi connectivity index (χ1) is 15.0. The average molecular weight is 399 g/mol. The minimum Gasteiger partial charge on any atom is -0.308 e. The molecule has 5 aromatic rings. The van der Waals surface area contributed by atoms with Crippen molar-refractivity contribution in [3.8, 4) is 22.9 Å². The van der Waals surface area contributed by atoms with E-state index < -0.39 is 0 Å². The third-order valence-electron chi connectivity index (χ3n) is 6.94. The Kier molecular flexibility index (Phi) is 3.53. The summed E-state index contributed by atoms with van der Waals surface area (Å²) in [6.45, 7) is 6.75. The molecule has 0 N–H and O–H groups in total. The number of para-hydroxylation sites is 2. The topological polar surface area (TPSA) is 28.7 Å². The van der Waals surface area contributed by atoms with Crippen molar-refractivity contribution in [1.29, 1.82) is 5.26 Å². The number of nitriles is 1. The van der Waals surface area contributed by atoms with Crippen LogP contribution in [0.15, 0.2) is 78.9 Å². The predicted molar refractivity (Wildman–Crippen MR) is 128 cm³/mol. The van der Waals surface area contributed by atoms with Crippen LogP contribution in [0.3, 0.4) is 0 Å². The second-order valence-electron chi connectivity index (χ2n) is 8.99. The molecule has 2 heteroatoms. The number of aryl methyl sites for hydroxylation is 1. The minimum atomic E-state index is -0.0931. The van der Waals surface area contributed by atoms with Gasteiger partial charge >= 0.3 is 0 Å². The summed E-state index contributed by atoms with van der Waals surface area (Å²) in [7, 11) is 0. The molecule has 2 nitrogen and oxygen atoms in total. The van der Waals surface area contributed by atoms with Crippen LogP contribution in [0.25, 0.3) is 38.6 Å². The van der Waals surface area contributed by atoms with Crippen LogP contribution in [0.5, 0.6) is 0 Å². The number of hydrogen-bond acceptors (Lipinski definition) is 1. The summed E-state index contributed by atoms with van der Waals surface area (Å²) in [6, 6.07) is 30.2. The van der Waals surface area contributed by atoms with E-state index in [1.54, 1.807) is 0 Å². The molecule has 0 amide bonds. The first kappa shape index (κ1) is 18.0. The molecule has 0 saturated carbocycles. The van der Waals surface area contributed by atoms with Crippen LogP contribution in [0.4, 0.5) is 0 Å². The van der Waals surface area contributed by atoms with Gasteiger partial charge in [-0.3, -0.25) is 0 Å². The number of aromatic nitrogens is 1.